The minimum atomic E-state index is -1.41. The Morgan fingerprint density at radius 1 is 1.50 bits per heavy atom. The minimum Gasteiger partial charge on any atom is -0.465 e. The molecule has 0 aromatic carbocycles. The maximum absolute atomic E-state index is 12.6. The molecule has 0 aliphatic heterocycles. The van der Waals surface area contributed by atoms with Crippen LogP contribution in [0.3, 0.4) is 0 Å². The number of ether oxygens (including phenoxy) is 1. The van der Waals surface area contributed by atoms with Crippen molar-refractivity contribution in [2.24, 2.45) is 0 Å². The normalized spacial score (nSPS) is 25.3. The first kappa shape index (κ1) is 16.2. The summed E-state index contributed by atoms with van der Waals surface area (Å²) in [4.78, 5) is 32.4. The summed E-state index contributed by atoms with van der Waals surface area (Å²) in [6.45, 7) is 3.42. The summed E-state index contributed by atoms with van der Waals surface area (Å²) in [6.07, 6.45) is 1.95. The third kappa shape index (κ3) is 3.02. The first-order valence-corrected chi connectivity index (χ1v) is 7.30. The van der Waals surface area contributed by atoms with E-state index in [4.69, 9.17) is 14.1 Å². The monoisotopic (exact) mass is 313 g/mol. The number of aromatic nitrogens is 2. The second-order valence-electron chi connectivity index (χ2n) is 5.25. The molecule has 1 aromatic heterocycles. The van der Waals surface area contributed by atoms with E-state index in [1.807, 2.05) is 0 Å². The van der Waals surface area contributed by atoms with Crippen molar-refractivity contribution in [2.45, 2.75) is 57.5 Å². The lowest BCUT2D eigenvalue weighted by Crippen LogP contribution is -2.50. The Labute approximate surface area is 127 Å². The molecule has 1 saturated carbocycles. The number of carbonyl (C=O) groups is 1. The van der Waals surface area contributed by atoms with Gasteiger partial charge in [0.2, 0.25) is 5.89 Å². The van der Waals surface area contributed by atoms with Crippen molar-refractivity contribution < 1.29 is 24.0 Å². The van der Waals surface area contributed by atoms with Gasteiger partial charge in [0.15, 0.2) is 11.2 Å². The van der Waals surface area contributed by atoms with Gasteiger partial charge in [0, 0.05) is 6.92 Å². The predicted octanol–water partition coefficient (Wildman–Crippen LogP) is 1.72. The van der Waals surface area contributed by atoms with Crippen LogP contribution in [0.2, 0.25) is 0 Å². The number of carbonyl (C=O) groups excluding carboxylic acids is 1. The van der Waals surface area contributed by atoms with E-state index >= 15 is 0 Å². The molecule has 0 radical (unpaired) electrons. The fourth-order valence-electron chi connectivity index (χ4n) is 2.89. The van der Waals surface area contributed by atoms with Crippen LogP contribution in [0.25, 0.3) is 0 Å². The SMILES string of the molecule is CCOC(=O)C1(c2noc(C)n2)CCCCCC1O[N+](=O)[O-]. The molecular formula is C13H19N3O6. The van der Waals surface area contributed by atoms with E-state index in [9.17, 15) is 14.9 Å². The molecule has 1 heterocycles. The van der Waals surface area contributed by atoms with Gasteiger partial charge in [0.1, 0.15) is 6.10 Å². The number of rotatable bonds is 5. The van der Waals surface area contributed by atoms with Crippen molar-refractivity contribution in [3.8, 4) is 0 Å². The molecular weight excluding hydrogens is 294 g/mol. The van der Waals surface area contributed by atoms with Crippen molar-refractivity contribution in [2.75, 3.05) is 6.61 Å². The van der Waals surface area contributed by atoms with Crippen LogP contribution >= 0.6 is 0 Å². The topological polar surface area (TPSA) is 118 Å². The average molecular weight is 313 g/mol. The molecule has 0 bridgehead atoms. The van der Waals surface area contributed by atoms with Gasteiger partial charge >= 0.3 is 5.97 Å². The van der Waals surface area contributed by atoms with Crippen molar-refractivity contribution in [3.63, 3.8) is 0 Å². The van der Waals surface area contributed by atoms with Crippen LogP contribution in [0.5, 0.6) is 0 Å². The van der Waals surface area contributed by atoms with Crippen LogP contribution in [0.4, 0.5) is 0 Å². The third-order valence-corrected chi connectivity index (χ3v) is 3.87. The molecule has 22 heavy (non-hydrogen) atoms. The molecule has 2 unspecified atom stereocenters. The number of aryl methyl sites for hydroxylation is 1. The van der Waals surface area contributed by atoms with Crippen molar-refractivity contribution in [1.29, 1.82) is 0 Å². The maximum Gasteiger partial charge on any atom is 0.322 e. The molecule has 1 fully saturated rings. The van der Waals surface area contributed by atoms with E-state index in [0.29, 0.717) is 19.3 Å². The summed E-state index contributed by atoms with van der Waals surface area (Å²) in [7, 11) is 0. The molecule has 2 atom stereocenters. The second kappa shape index (κ2) is 6.71. The Hall–Kier alpha value is -2.19. The van der Waals surface area contributed by atoms with Gasteiger partial charge < -0.3 is 14.1 Å². The lowest BCUT2D eigenvalue weighted by molar-refractivity contribution is -0.770. The van der Waals surface area contributed by atoms with Gasteiger partial charge in [0.25, 0.3) is 5.09 Å². The van der Waals surface area contributed by atoms with Gasteiger partial charge in [-0.1, -0.05) is 24.4 Å². The van der Waals surface area contributed by atoms with E-state index in [1.165, 1.54) is 0 Å². The van der Waals surface area contributed by atoms with Crippen molar-refractivity contribution in [3.05, 3.63) is 21.8 Å². The summed E-state index contributed by atoms with van der Waals surface area (Å²) < 4.78 is 10.1. The number of hydrogen-bond acceptors (Lipinski definition) is 8. The summed E-state index contributed by atoms with van der Waals surface area (Å²) in [6, 6.07) is 0. The van der Waals surface area contributed by atoms with Crippen LogP contribution < -0.4 is 0 Å². The Morgan fingerprint density at radius 3 is 2.86 bits per heavy atom. The molecule has 122 valence electrons. The van der Waals surface area contributed by atoms with Crippen LogP contribution in [-0.2, 0) is 19.8 Å². The first-order chi connectivity index (χ1) is 10.5. The fourth-order valence-corrected chi connectivity index (χ4v) is 2.89. The van der Waals surface area contributed by atoms with E-state index in [-0.39, 0.29) is 18.3 Å². The minimum absolute atomic E-state index is 0.0946. The van der Waals surface area contributed by atoms with Crippen LogP contribution in [0.15, 0.2) is 4.52 Å². The number of hydrogen-bond donors (Lipinski definition) is 0. The summed E-state index contributed by atoms with van der Waals surface area (Å²) in [5.74, 6) is -0.232. The molecule has 1 aliphatic rings. The summed E-state index contributed by atoms with van der Waals surface area (Å²) >= 11 is 0. The zero-order valence-corrected chi connectivity index (χ0v) is 12.6. The van der Waals surface area contributed by atoms with Gasteiger partial charge in [-0.25, -0.2) is 0 Å². The molecule has 2 rings (SSSR count). The zero-order valence-electron chi connectivity index (χ0n) is 12.6. The second-order valence-corrected chi connectivity index (χ2v) is 5.25. The first-order valence-electron chi connectivity index (χ1n) is 7.30. The fraction of sp³-hybridized carbons (Fsp3) is 0.769. The largest absolute Gasteiger partial charge is 0.465 e. The van der Waals surface area contributed by atoms with E-state index in [1.54, 1.807) is 13.8 Å². The molecule has 0 amide bonds. The Balaban J connectivity index is 2.50. The molecule has 0 spiro atoms. The van der Waals surface area contributed by atoms with Gasteiger partial charge in [-0.05, 0) is 19.8 Å². The zero-order chi connectivity index (χ0) is 16.2. The van der Waals surface area contributed by atoms with Crippen LogP contribution in [0.1, 0.15) is 50.7 Å². The smallest absolute Gasteiger partial charge is 0.322 e. The highest BCUT2D eigenvalue weighted by Gasteiger charge is 2.54. The molecule has 0 saturated heterocycles. The standard InChI is InChI=1S/C13H19N3O6/c1-3-20-12(17)13(11-14-9(2)21-15-11)8-6-4-5-7-10(13)22-16(18)19/h10H,3-8H2,1-2H3. The lowest BCUT2D eigenvalue weighted by atomic mass is 9.77. The highest BCUT2D eigenvalue weighted by atomic mass is 17.0. The van der Waals surface area contributed by atoms with Crippen LogP contribution in [0, 0.1) is 17.0 Å². The van der Waals surface area contributed by atoms with E-state index < -0.39 is 22.6 Å². The quantitative estimate of drug-likeness (QED) is 0.349. The summed E-state index contributed by atoms with van der Waals surface area (Å²) in [5.41, 5.74) is -1.41. The van der Waals surface area contributed by atoms with Crippen molar-refractivity contribution in [1.82, 2.24) is 10.1 Å². The van der Waals surface area contributed by atoms with E-state index in [2.05, 4.69) is 10.1 Å². The molecule has 9 heteroatoms. The molecule has 1 aromatic rings. The Bertz CT molecular complexity index is 546. The van der Waals surface area contributed by atoms with Gasteiger partial charge in [-0.2, -0.15) is 4.98 Å². The highest BCUT2D eigenvalue weighted by Crippen LogP contribution is 2.40. The van der Waals surface area contributed by atoms with Crippen molar-refractivity contribution >= 4 is 5.97 Å². The van der Waals surface area contributed by atoms with E-state index in [0.717, 1.165) is 12.8 Å². The Morgan fingerprint density at radius 2 is 2.27 bits per heavy atom. The van der Waals surface area contributed by atoms with Gasteiger partial charge in [-0.3, -0.25) is 4.79 Å². The highest BCUT2D eigenvalue weighted by molar-refractivity contribution is 5.83. The maximum atomic E-state index is 12.6. The Kier molecular flexibility index (Phi) is 4.94. The van der Waals surface area contributed by atoms with Gasteiger partial charge in [-0.15, -0.1) is 10.1 Å². The molecule has 9 nitrogen and oxygen atoms in total. The molecule has 1 aliphatic carbocycles. The third-order valence-electron chi connectivity index (χ3n) is 3.87. The predicted molar refractivity (Wildman–Crippen MR) is 72.3 cm³/mol. The van der Waals surface area contributed by atoms with Crippen LogP contribution in [-0.4, -0.2) is 33.9 Å². The van der Waals surface area contributed by atoms with Gasteiger partial charge in [0.05, 0.1) is 6.61 Å². The lowest BCUT2D eigenvalue weighted by Gasteiger charge is -2.32. The molecule has 0 N–H and O–H groups in total. The number of nitrogens with zero attached hydrogens (tertiary/aromatic N) is 3. The average Bonchev–Trinajstić information content (AvgIpc) is 2.78. The number of esters is 1. The summed E-state index contributed by atoms with van der Waals surface area (Å²) in [5, 5.41) is 13.8.